The molecular formula is C20H20N2O2S2. The number of amides is 2. The summed E-state index contributed by atoms with van der Waals surface area (Å²) >= 11 is 6.64. The molecule has 2 aromatic rings. The zero-order chi connectivity index (χ0) is 18.8. The number of nitrogens with one attached hydrogen (secondary N) is 1. The molecule has 3 rings (SSSR count). The van der Waals surface area contributed by atoms with Crippen LogP contribution < -0.4 is 10.2 Å². The SMILES string of the molecule is Cc1cccc(N2C(=O)C(CC(=O)Nc3ccc(C)c(C)c3)SC2=S)c1. The number of thiocarbonyl (C=S) groups is 1. The predicted molar refractivity (Wildman–Crippen MR) is 112 cm³/mol. The molecule has 1 unspecified atom stereocenters. The number of thioether (sulfide) groups is 1. The van der Waals surface area contributed by atoms with Gasteiger partial charge in [0.1, 0.15) is 9.57 Å². The van der Waals surface area contributed by atoms with E-state index < -0.39 is 5.25 Å². The summed E-state index contributed by atoms with van der Waals surface area (Å²) in [6.45, 7) is 5.99. The van der Waals surface area contributed by atoms with Crippen molar-refractivity contribution < 1.29 is 9.59 Å². The van der Waals surface area contributed by atoms with Crippen molar-refractivity contribution in [3.63, 3.8) is 0 Å². The maximum atomic E-state index is 12.8. The van der Waals surface area contributed by atoms with Crippen LogP contribution in [-0.2, 0) is 9.59 Å². The van der Waals surface area contributed by atoms with Crippen LogP contribution in [0.25, 0.3) is 0 Å². The summed E-state index contributed by atoms with van der Waals surface area (Å²) in [6, 6.07) is 13.4. The Morgan fingerprint density at radius 2 is 1.92 bits per heavy atom. The van der Waals surface area contributed by atoms with Gasteiger partial charge < -0.3 is 5.32 Å². The number of hydrogen-bond donors (Lipinski definition) is 1. The third-order valence-electron chi connectivity index (χ3n) is 4.34. The second-order valence-electron chi connectivity index (χ2n) is 6.44. The summed E-state index contributed by atoms with van der Waals surface area (Å²) in [5, 5.41) is 2.38. The number of rotatable bonds is 4. The molecule has 1 aliphatic heterocycles. The highest BCUT2D eigenvalue weighted by Crippen LogP contribution is 2.34. The van der Waals surface area contributed by atoms with Crippen LogP contribution in [0.4, 0.5) is 11.4 Å². The van der Waals surface area contributed by atoms with Gasteiger partial charge in [0.05, 0.1) is 5.69 Å². The molecule has 6 heteroatoms. The van der Waals surface area contributed by atoms with E-state index in [9.17, 15) is 9.59 Å². The molecule has 1 fully saturated rings. The zero-order valence-corrected chi connectivity index (χ0v) is 16.5. The molecule has 0 aliphatic carbocycles. The lowest BCUT2D eigenvalue weighted by molar-refractivity contribution is -0.121. The van der Waals surface area contributed by atoms with E-state index in [0.717, 1.165) is 22.5 Å². The lowest BCUT2D eigenvalue weighted by Crippen LogP contribution is -2.32. The van der Waals surface area contributed by atoms with Gasteiger partial charge in [-0.1, -0.05) is 42.2 Å². The lowest BCUT2D eigenvalue weighted by atomic mass is 10.1. The van der Waals surface area contributed by atoms with E-state index in [0.29, 0.717) is 4.32 Å². The van der Waals surface area contributed by atoms with Gasteiger partial charge in [-0.2, -0.15) is 0 Å². The second-order valence-corrected chi connectivity index (χ2v) is 8.27. The van der Waals surface area contributed by atoms with Gasteiger partial charge in [0.15, 0.2) is 0 Å². The highest BCUT2D eigenvalue weighted by atomic mass is 32.2. The number of nitrogens with zero attached hydrogens (tertiary/aromatic N) is 1. The van der Waals surface area contributed by atoms with Gasteiger partial charge in [-0.25, -0.2) is 0 Å². The van der Waals surface area contributed by atoms with E-state index in [-0.39, 0.29) is 18.2 Å². The topological polar surface area (TPSA) is 49.4 Å². The molecule has 26 heavy (non-hydrogen) atoms. The van der Waals surface area contributed by atoms with Crippen molar-refractivity contribution in [1.29, 1.82) is 0 Å². The molecule has 0 radical (unpaired) electrons. The second kappa shape index (κ2) is 7.60. The third kappa shape index (κ3) is 3.97. The largest absolute Gasteiger partial charge is 0.326 e. The van der Waals surface area contributed by atoms with Crippen molar-refractivity contribution in [1.82, 2.24) is 0 Å². The van der Waals surface area contributed by atoms with Crippen LogP contribution in [0.2, 0.25) is 0 Å². The van der Waals surface area contributed by atoms with E-state index in [2.05, 4.69) is 5.32 Å². The van der Waals surface area contributed by atoms with Crippen LogP contribution in [-0.4, -0.2) is 21.4 Å². The van der Waals surface area contributed by atoms with E-state index in [1.54, 1.807) is 0 Å². The average Bonchev–Trinajstić information content (AvgIpc) is 2.84. The minimum Gasteiger partial charge on any atom is -0.326 e. The first-order valence-corrected chi connectivity index (χ1v) is 9.62. The minimum atomic E-state index is -0.491. The van der Waals surface area contributed by atoms with Crippen molar-refractivity contribution >= 4 is 51.5 Å². The lowest BCUT2D eigenvalue weighted by Gasteiger charge is -2.16. The number of carbonyl (C=O) groups excluding carboxylic acids is 2. The first kappa shape index (κ1) is 18.6. The fourth-order valence-electron chi connectivity index (χ4n) is 2.79. The fraction of sp³-hybridized carbons (Fsp3) is 0.250. The quantitative estimate of drug-likeness (QED) is 0.795. The third-order valence-corrected chi connectivity index (χ3v) is 5.85. The van der Waals surface area contributed by atoms with Crippen molar-refractivity contribution in [2.24, 2.45) is 0 Å². The number of benzene rings is 2. The van der Waals surface area contributed by atoms with Crippen LogP contribution in [0.5, 0.6) is 0 Å². The highest BCUT2D eigenvalue weighted by Gasteiger charge is 2.39. The zero-order valence-electron chi connectivity index (χ0n) is 14.9. The first-order valence-electron chi connectivity index (χ1n) is 8.33. The number of hydrogen-bond acceptors (Lipinski definition) is 4. The van der Waals surface area contributed by atoms with E-state index >= 15 is 0 Å². The van der Waals surface area contributed by atoms with Crippen LogP contribution in [0.15, 0.2) is 42.5 Å². The van der Waals surface area contributed by atoms with Crippen LogP contribution >= 0.6 is 24.0 Å². The summed E-state index contributed by atoms with van der Waals surface area (Å²) < 4.78 is 0.490. The molecule has 0 bridgehead atoms. The molecule has 2 aromatic carbocycles. The average molecular weight is 385 g/mol. The normalized spacial score (nSPS) is 16.9. The Labute approximate surface area is 163 Å². The first-order chi connectivity index (χ1) is 12.3. The van der Waals surface area contributed by atoms with Crippen molar-refractivity contribution in [2.45, 2.75) is 32.4 Å². The Bertz CT molecular complexity index is 895. The summed E-state index contributed by atoms with van der Waals surface area (Å²) in [5.41, 5.74) is 4.83. The molecule has 0 saturated carbocycles. The van der Waals surface area contributed by atoms with Gasteiger partial charge in [-0.05, 0) is 61.7 Å². The molecular weight excluding hydrogens is 364 g/mol. The number of aryl methyl sites for hydroxylation is 3. The van der Waals surface area contributed by atoms with Gasteiger partial charge in [0.25, 0.3) is 0 Å². The van der Waals surface area contributed by atoms with Crippen LogP contribution in [0.3, 0.4) is 0 Å². The molecule has 1 heterocycles. The van der Waals surface area contributed by atoms with E-state index in [1.807, 2.05) is 63.2 Å². The Kier molecular flexibility index (Phi) is 5.44. The molecule has 2 amide bonds. The minimum absolute atomic E-state index is 0.0961. The van der Waals surface area contributed by atoms with Gasteiger partial charge in [-0.15, -0.1) is 0 Å². The molecule has 134 valence electrons. The van der Waals surface area contributed by atoms with E-state index in [1.165, 1.54) is 22.2 Å². The Morgan fingerprint density at radius 3 is 2.62 bits per heavy atom. The Hall–Kier alpha value is -2.18. The van der Waals surface area contributed by atoms with Crippen LogP contribution in [0.1, 0.15) is 23.1 Å². The van der Waals surface area contributed by atoms with Gasteiger partial charge in [0, 0.05) is 12.1 Å². The van der Waals surface area contributed by atoms with Gasteiger partial charge in [-0.3, -0.25) is 14.5 Å². The van der Waals surface area contributed by atoms with Gasteiger partial charge >= 0.3 is 0 Å². The summed E-state index contributed by atoms with van der Waals surface area (Å²) in [5.74, 6) is -0.325. The maximum absolute atomic E-state index is 12.8. The van der Waals surface area contributed by atoms with Gasteiger partial charge in [0.2, 0.25) is 11.8 Å². The molecule has 1 N–H and O–H groups in total. The summed E-state index contributed by atoms with van der Waals surface area (Å²) in [6.07, 6.45) is 0.0961. The molecule has 0 aromatic heterocycles. The van der Waals surface area contributed by atoms with E-state index in [4.69, 9.17) is 12.2 Å². The fourth-order valence-corrected chi connectivity index (χ4v) is 4.32. The number of anilines is 2. The van der Waals surface area contributed by atoms with Crippen molar-refractivity contribution in [3.8, 4) is 0 Å². The Balaban J connectivity index is 1.68. The standard InChI is InChI=1S/C20H20N2O2S2/c1-12-5-4-6-16(9-12)22-19(24)17(26-20(22)25)11-18(23)21-15-8-7-13(2)14(3)10-15/h4-10,17H,11H2,1-3H3,(H,21,23). The summed E-state index contributed by atoms with van der Waals surface area (Å²) in [7, 11) is 0. The molecule has 1 aliphatic rings. The monoisotopic (exact) mass is 384 g/mol. The predicted octanol–water partition coefficient (Wildman–Crippen LogP) is 4.37. The van der Waals surface area contributed by atoms with Crippen LogP contribution in [0, 0.1) is 20.8 Å². The smallest absolute Gasteiger partial charge is 0.246 e. The molecule has 0 spiro atoms. The number of carbonyl (C=O) groups is 2. The van der Waals surface area contributed by atoms with Crippen molar-refractivity contribution in [2.75, 3.05) is 10.2 Å². The highest BCUT2D eigenvalue weighted by molar-refractivity contribution is 8.25. The maximum Gasteiger partial charge on any atom is 0.246 e. The molecule has 1 saturated heterocycles. The molecule has 1 atom stereocenters. The van der Waals surface area contributed by atoms with Crippen molar-refractivity contribution in [3.05, 3.63) is 59.2 Å². The molecule has 4 nitrogen and oxygen atoms in total. The summed E-state index contributed by atoms with van der Waals surface area (Å²) in [4.78, 5) is 26.7. The Morgan fingerprint density at radius 1 is 1.15 bits per heavy atom.